The lowest BCUT2D eigenvalue weighted by Crippen LogP contribution is -2.51. The van der Waals surface area contributed by atoms with Crippen LogP contribution in [0.15, 0.2) is 0 Å². The molecule has 0 saturated heterocycles. The predicted octanol–water partition coefficient (Wildman–Crippen LogP) is 4.31. The van der Waals surface area contributed by atoms with E-state index in [1.54, 1.807) is 0 Å². The van der Waals surface area contributed by atoms with Gasteiger partial charge in [-0.2, -0.15) is 0 Å². The van der Waals surface area contributed by atoms with Crippen LogP contribution < -0.4 is 0 Å². The van der Waals surface area contributed by atoms with E-state index in [2.05, 4.69) is 18.7 Å². The van der Waals surface area contributed by atoms with Crippen molar-refractivity contribution in [3.05, 3.63) is 0 Å². The van der Waals surface area contributed by atoms with Crippen molar-refractivity contribution < 1.29 is 9.90 Å². The summed E-state index contributed by atoms with van der Waals surface area (Å²) in [6.45, 7) is 5.48. The van der Waals surface area contributed by atoms with E-state index in [9.17, 15) is 9.90 Å². The van der Waals surface area contributed by atoms with Gasteiger partial charge in [0.1, 0.15) is 0 Å². The lowest BCUT2D eigenvalue weighted by Gasteiger charge is -2.45. The fourth-order valence-electron chi connectivity index (χ4n) is 4.73. The van der Waals surface area contributed by atoms with Crippen LogP contribution in [0.25, 0.3) is 0 Å². The molecule has 0 aromatic heterocycles. The Hall–Kier alpha value is -0.570. The first-order valence-corrected chi connectivity index (χ1v) is 9.15. The van der Waals surface area contributed by atoms with Crippen LogP contribution in [0.3, 0.4) is 0 Å². The number of hydrogen-bond donors (Lipinski definition) is 1. The lowest BCUT2D eigenvalue weighted by molar-refractivity contribution is -0.147. The standard InChI is InChI=1S/C18H33NO2/c1-3-8-14-11-12-16(18(20)21)17(13-14)19(4-2)15-9-6-5-7-10-15/h14-17H,3-13H2,1-2H3,(H,20,21). The van der Waals surface area contributed by atoms with Gasteiger partial charge in [0.05, 0.1) is 5.92 Å². The van der Waals surface area contributed by atoms with Crippen LogP contribution in [0, 0.1) is 11.8 Å². The third-order valence-corrected chi connectivity index (χ3v) is 5.77. The second kappa shape index (κ2) is 8.17. The van der Waals surface area contributed by atoms with Crippen LogP contribution in [0.5, 0.6) is 0 Å². The zero-order valence-electron chi connectivity index (χ0n) is 13.9. The molecule has 0 radical (unpaired) electrons. The van der Waals surface area contributed by atoms with Crippen molar-refractivity contribution in [3.63, 3.8) is 0 Å². The third-order valence-electron chi connectivity index (χ3n) is 5.77. The first-order chi connectivity index (χ1) is 10.2. The van der Waals surface area contributed by atoms with Crippen molar-refractivity contribution in [3.8, 4) is 0 Å². The monoisotopic (exact) mass is 295 g/mol. The summed E-state index contributed by atoms with van der Waals surface area (Å²) in [5.74, 6) is 0.0393. The van der Waals surface area contributed by atoms with Crippen molar-refractivity contribution in [1.29, 1.82) is 0 Å². The zero-order valence-corrected chi connectivity index (χ0v) is 13.9. The molecule has 2 aliphatic carbocycles. The minimum Gasteiger partial charge on any atom is -0.481 e. The van der Waals surface area contributed by atoms with Gasteiger partial charge in [0.15, 0.2) is 0 Å². The van der Waals surface area contributed by atoms with Gasteiger partial charge in [0.2, 0.25) is 0 Å². The molecular weight excluding hydrogens is 262 g/mol. The molecule has 2 fully saturated rings. The van der Waals surface area contributed by atoms with Crippen molar-refractivity contribution in [1.82, 2.24) is 4.90 Å². The van der Waals surface area contributed by atoms with E-state index in [1.165, 1.54) is 44.9 Å². The molecule has 3 unspecified atom stereocenters. The van der Waals surface area contributed by atoms with Gasteiger partial charge >= 0.3 is 5.97 Å². The first kappa shape index (κ1) is 16.8. The van der Waals surface area contributed by atoms with Crippen LogP contribution in [0.1, 0.15) is 78.1 Å². The Labute approximate surface area is 130 Å². The summed E-state index contributed by atoms with van der Waals surface area (Å²) in [6.07, 6.45) is 12.2. The van der Waals surface area contributed by atoms with Crippen LogP contribution in [0.2, 0.25) is 0 Å². The molecule has 1 N–H and O–H groups in total. The second-order valence-electron chi connectivity index (χ2n) is 7.10. The molecule has 0 bridgehead atoms. The number of hydrogen-bond acceptors (Lipinski definition) is 2. The molecular formula is C18H33NO2. The molecule has 0 aliphatic heterocycles. The highest BCUT2D eigenvalue weighted by atomic mass is 16.4. The maximum absolute atomic E-state index is 11.7. The molecule has 0 spiro atoms. The summed E-state index contributed by atoms with van der Waals surface area (Å²) < 4.78 is 0. The van der Waals surface area contributed by atoms with E-state index in [0.717, 1.165) is 31.7 Å². The summed E-state index contributed by atoms with van der Waals surface area (Å²) in [6, 6.07) is 0.914. The van der Waals surface area contributed by atoms with Gasteiger partial charge in [-0.05, 0) is 44.6 Å². The number of nitrogens with zero attached hydrogens (tertiary/aromatic N) is 1. The number of carbonyl (C=O) groups is 1. The van der Waals surface area contributed by atoms with Crippen LogP contribution in [0.4, 0.5) is 0 Å². The summed E-state index contributed by atoms with van der Waals surface area (Å²) in [5.41, 5.74) is 0. The molecule has 2 aliphatic rings. The number of carboxylic acids is 1. The van der Waals surface area contributed by atoms with Gasteiger partial charge < -0.3 is 5.11 Å². The van der Waals surface area contributed by atoms with Gasteiger partial charge in [-0.25, -0.2) is 0 Å². The van der Waals surface area contributed by atoms with Crippen LogP contribution in [-0.2, 0) is 4.79 Å². The Kier molecular flexibility index (Phi) is 6.53. The molecule has 21 heavy (non-hydrogen) atoms. The molecule has 3 atom stereocenters. The number of carboxylic acid groups (broad SMARTS) is 1. The highest BCUT2D eigenvalue weighted by Crippen LogP contribution is 2.37. The zero-order chi connectivity index (χ0) is 15.2. The van der Waals surface area contributed by atoms with E-state index in [0.29, 0.717) is 6.04 Å². The molecule has 122 valence electrons. The Morgan fingerprint density at radius 1 is 1.10 bits per heavy atom. The molecule has 0 amide bonds. The molecule has 0 aromatic carbocycles. The molecule has 3 nitrogen and oxygen atoms in total. The molecule has 3 heteroatoms. The third kappa shape index (κ3) is 4.21. The van der Waals surface area contributed by atoms with Crippen molar-refractivity contribution >= 4 is 5.97 Å². The summed E-state index contributed by atoms with van der Waals surface area (Å²) in [4.78, 5) is 14.3. The summed E-state index contributed by atoms with van der Waals surface area (Å²) in [5, 5.41) is 9.64. The van der Waals surface area contributed by atoms with Gasteiger partial charge in [0, 0.05) is 12.1 Å². The Bertz CT molecular complexity index is 325. The average molecular weight is 295 g/mol. The molecule has 0 heterocycles. The first-order valence-electron chi connectivity index (χ1n) is 9.15. The minimum absolute atomic E-state index is 0.139. The van der Waals surface area contributed by atoms with E-state index in [1.807, 2.05) is 0 Å². The maximum atomic E-state index is 11.7. The van der Waals surface area contributed by atoms with E-state index in [4.69, 9.17) is 0 Å². The lowest BCUT2D eigenvalue weighted by atomic mass is 9.75. The van der Waals surface area contributed by atoms with Crippen molar-refractivity contribution in [2.75, 3.05) is 6.54 Å². The predicted molar refractivity (Wildman–Crippen MR) is 86.4 cm³/mol. The quantitative estimate of drug-likeness (QED) is 0.793. The molecule has 2 saturated carbocycles. The van der Waals surface area contributed by atoms with Gasteiger partial charge in [-0.3, -0.25) is 9.69 Å². The van der Waals surface area contributed by atoms with Crippen molar-refractivity contribution in [2.45, 2.75) is 90.1 Å². The summed E-state index contributed by atoms with van der Waals surface area (Å²) >= 11 is 0. The average Bonchev–Trinajstić information content (AvgIpc) is 2.49. The topological polar surface area (TPSA) is 40.5 Å². The normalized spacial score (nSPS) is 31.5. The van der Waals surface area contributed by atoms with E-state index in [-0.39, 0.29) is 12.0 Å². The number of aliphatic carboxylic acids is 1. The Morgan fingerprint density at radius 2 is 1.81 bits per heavy atom. The number of rotatable bonds is 6. The molecule has 0 aromatic rings. The van der Waals surface area contributed by atoms with Gasteiger partial charge in [-0.15, -0.1) is 0 Å². The van der Waals surface area contributed by atoms with Gasteiger partial charge in [-0.1, -0.05) is 46.0 Å². The fourth-order valence-corrected chi connectivity index (χ4v) is 4.73. The highest BCUT2D eigenvalue weighted by Gasteiger charge is 2.39. The van der Waals surface area contributed by atoms with Gasteiger partial charge in [0.25, 0.3) is 0 Å². The Balaban J connectivity index is 2.09. The maximum Gasteiger partial charge on any atom is 0.308 e. The SMILES string of the molecule is CCCC1CCC(C(=O)O)C(N(CC)C2CCCCC2)C1. The molecule has 2 rings (SSSR count). The van der Waals surface area contributed by atoms with Crippen LogP contribution >= 0.6 is 0 Å². The van der Waals surface area contributed by atoms with Crippen molar-refractivity contribution in [2.24, 2.45) is 11.8 Å². The van der Waals surface area contributed by atoms with E-state index < -0.39 is 5.97 Å². The second-order valence-corrected chi connectivity index (χ2v) is 7.10. The fraction of sp³-hybridized carbons (Fsp3) is 0.944. The smallest absolute Gasteiger partial charge is 0.308 e. The largest absolute Gasteiger partial charge is 0.481 e. The minimum atomic E-state index is -0.566. The Morgan fingerprint density at radius 3 is 2.38 bits per heavy atom. The summed E-state index contributed by atoms with van der Waals surface area (Å²) in [7, 11) is 0. The highest BCUT2D eigenvalue weighted by molar-refractivity contribution is 5.71. The van der Waals surface area contributed by atoms with E-state index >= 15 is 0 Å². The van der Waals surface area contributed by atoms with Crippen LogP contribution in [-0.4, -0.2) is 34.6 Å².